The van der Waals surface area contributed by atoms with Crippen LogP contribution < -0.4 is 10.1 Å². The quantitative estimate of drug-likeness (QED) is 0.815. The van der Waals surface area contributed by atoms with Gasteiger partial charge in [0.25, 0.3) is 0 Å². The first-order valence-corrected chi connectivity index (χ1v) is 7.86. The Hall–Kier alpha value is -1.39. The minimum atomic E-state index is -0.253. The zero-order valence-corrected chi connectivity index (χ0v) is 13.8. The maximum atomic E-state index is 13.4. The molecule has 0 heterocycles. The second kappa shape index (κ2) is 7.57. The largest absolute Gasteiger partial charge is 0.494 e. The van der Waals surface area contributed by atoms with Crippen molar-refractivity contribution in [2.24, 2.45) is 0 Å². The zero-order valence-electron chi connectivity index (χ0n) is 12.2. The molecule has 0 spiro atoms. The van der Waals surface area contributed by atoms with Gasteiger partial charge in [-0.15, -0.1) is 0 Å². The third kappa shape index (κ3) is 4.05. The van der Waals surface area contributed by atoms with Crippen LogP contribution in [0.4, 0.5) is 4.39 Å². The average Bonchev–Trinajstić information content (AvgIpc) is 2.48. The van der Waals surface area contributed by atoms with Gasteiger partial charge >= 0.3 is 0 Å². The number of benzene rings is 2. The van der Waals surface area contributed by atoms with Crippen LogP contribution in [0.15, 0.2) is 46.9 Å². The van der Waals surface area contributed by atoms with Crippen LogP contribution in [0, 0.1) is 5.82 Å². The standard InChI is InChI=1S/C17H19BrFNO/c1-3-20-17(13-8-9-16(19)15(18)11-13)12-6-5-7-14(10-12)21-4-2/h5-11,17,20H,3-4H2,1-2H3. The lowest BCUT2D eigenvalue weighted by Gasteiger charge is -2.20. The van der Waals surface area contributed by atoms with Crippen molar-refractivity contribution in [2.75, 3.05) is 13.2 Å². The molecule has 2 rings (SSSR count). The fourth-order valence-electron chi connectivity index (χ4n) is 2.27. The van der Waals surface area contributed by atoms with Crippen molar-refractivity contribution in [1.82, 2.24) is 5.32 Å². The summed E-state index contributed by atoms with van der Waals surface area (Å²) in [5, 5.41) is 3.43. The first kappa shape index (κ1) is 16.0. The summed E-state index contributed by atoms with van der Waals surface area (Å²) in [6.45, 7) is 5.47. The van der Waals surface area contributed by atoms with Crippen LogP contribution in [0.1, 0.15) is 31.0 Å². The van der Waals surface area contributed by atoms with Gasteiger partial charge in [0.05, 0.1) is 17.1 Å². The summed E-state index contributed by atoms with van der Waals surface area (Å²) in [5.74, 6) is 0.594. The third-order valence-electron chi connectivity index (χ3n) is 3.19. The van der Waals surface area contributed by atoms with Gasteiger partial charge in [-0.05, 0) is 64.8 Å². The minimum absolute atomic E-state index is 0.00676. The van der Waals surface area contributed by atoms with E-state index in [4.69, 9.17) is 4.74 Å². The van der Waals surface area contributed by atoms with Crippen LogP contribution in [-0.2, 0) is 0 Å². The maximum Gasteiger partial charge on any atom is 0.137 e. The van der Waals surface area contributed by atoms with Gasteiger partial charge in [0.15, 0.2) is 0 Å². The Morgan fingerprint density at radius 2 is 1.90 bits per heavy atom. The molecule has 0 radical (unpaired) electrons. The van der Waals surface area contributed by atoms with Gasteiger partial charge in [-0.25, -0.2) is 4.39 Å². The molecule has 4 heteroatoms. The molecule has 0 fully saturated rings. The van der Waals surface area contributed by atoms with Gasteiger partial charge in [-0.1, -0.05) is 25.1 Å². The molecule has 0 aliphatic rings. The number of hydrogen-bond donors (Lipinski definition) is 1. The zero-order chi connectivity index (χ0) is 15.2. The van der Waals surface area contributed by atoms with E-state index in [0.717, 1.165) is 23.4 Å². The van der Waals surface area contributed by atoms with Gasteiger partial charge in [-0.3, -0.25) is 0 Å². The average molecular weight is 352 g/mol. The highest BCUT2D eigenvalue weighted by Crippen LogP contribution is 2.28. The lowest BCUT2D eigenvalue weighted by molar-refractivity contribution is 0.339. The fraction of sp³-hybridized carbons (Fsp3) is 0.294. The van der Waals surface area contributed by atoms with Crippen molar-refractivity contribution in [3.05, 3.63) is 63.9 Å². The van der Waals surface area contributed by atoms with Crippen LogP contribution in [0.3, 0.4) is 0 Å². The van der Waals surface area contributed by atoms with Crippen LogP contribution >= 0.6 is 15.9 Å². The lowest BCUT2D eigenvalue weighted by Crippen LogP contribution is -2.22. The highest BCUT2D eigenvalue weighted by molar-refractivity contribution is 9.10. The molecule has 0 saturated carbocycles. The highest BCUT2D eigenvalue weighted by Gasteiger charge is 2.15. The first-order valence-electron chi connectivity index (χ1n) is 7.06. The summed E-state index contributed by atoms with van der Waals surface area (Å²) in [6.07, 6.45) is 0. The third-order valence-corrected chi connectivity index (χ3v) is 3.80. The van der Waals surface area contributed by atoms with Gasteiger partial charge in [0.1, 0.15) is 11.6 Å². The smallest absolute Gasteiger partial charge is 0.137 e. The van der Waals surface area contributed by atoms with Crippen LogP contribution in [0.25, 0.3) is 0 Å². The van der Waals surface area contributed by atoms with E-state index in [9.17, 15) is 4.39 Å². The monoisotopic (exact) mass is 351 g/mol. The van der Waals surface area contributed by atoms with E-state index >= 15 is 0 Å². The minimum Gasteiger partial charge on any atom is -0.494 e. The molecule has 0 aliphatic carbocycles. The number of nitrogens with one attached hydrogen (secondary N) is 1. The predicted octanol–water partition coefficient (Wildman–Crippen LogP) is 4.69. The normalized spacial score (nSPS) is 12.2. The van der Waals surface area contributed by atoms with Crippen molar-refractivity contribution in [1.29, 1.82) is 0 Å². The van der Waals surface area contributed by atoms with Gasteiger partial charge < -0.3 is 10.1 Å². The van der Waals surface area contributed by atoms with E-state index in [2.05, 4.69) is 28.2 Å². The van der Waals surface area contributed by atoms with Crippen molar-refractivity contribution in [2.45, 2.75) is 19.9 Å². The van der Waals surface area contributed by atoms with E-state index < -0.39 is 0 Å². The topological polar surface area (TPSA) is 21.3 Å². The van der Waals surface area contributed by atoms with Crippen LogP contribution in [-0.4, -0.2) is 13.2 Å². The van der Waals surface area contributed by atoms with Gasteiger partial charge in [-0.2, -0.15) is 0 Å². The molecule has 2 aromatic rings. The molecule has 21 heavy (non-hydrogen) atoms. The predicted molar refractivity (Wildman–Crippen MR) is 87.2 cm³/mol. The van der Waals surface area contributed by atoms with E-state index in [1.54, 1.807) is 6.07 Å². The van der Waals surface area contributed by atoms with Crippen LogP contribution in [0.5, 0.6) is 5.75 Å². The summed E-state index contributed by atoms with van der Waals surface area (Å²) >= 11 is 3.25. The number of rotatable bonds is 6. The Balaban J connectivity index is 2.37. The molecule has 2 aromatic carbocycles. The van der Waals surface area contributed by atoms with E-state index in [1.807, 2.05) is 37.3 Å². The Morgan fingerprint density at radius 3 is 2.57 bits per heavy atom. The van der Waals surface area contributed by atoms with Gasteiger partial charge in [0.2, 0.25) is 0 Å². The molecular weight excluding hydrogens is 333 g/mol. The van der Waals surface area contributed by atoms with Crippen molar-refractivity contribution in [3.63, 3.8) is 0 Å². The molecule has 1 atom stereocenters. The van der Waals surface area contributed by atoms with Crippen LogP contribution in [0.2, 0.25) is 0 Å². The van der Waals surface area contributed by atoms with Crippen molar-refractivity contribution < 1.29 is 9.13 Å². The molecule has 0 bridgehead atoms. The van der Waals surface area contributed by atoms with Crippen molar-refractivity contribution >= 4 is 15.9 Å². The maximum absolute atomic E-state index is 13.4. The van der Waals surface area contributed by atoms with Gasteiger partial charge in [0, 0.05) is 0 Å². The summed E-state index contributed by atoms with van der Waals surface area (Å²) in [7, 11) is 0. The summed E-state index contributed by atoms with van der Waals surface area (Å²) in [6, 6.07) is 13.1. The Kier molecular flexibility index (Phi) is 5.76. The Bertz CT molecular complexity index is 603. The fourth-order valence-corrected chi connectivity index (χ4v) is 2.67. The number of halogens is 2. The summed E-state index contributed by atoms with van der Waals surface area (Å²) in [4.78, 5) is 0. The molecular formula is C17H19BrFNO. The number of hydrogen-bond acceptors (Lipinski definition) is 2. The molecule has 2 nitrogen and oxygen atoms in total. The van der Waals surface area contributed by atoms with E-state index in [0.29, 0.717) is 11.1 Å². The first-order chi connectivity index (χ1) is 10.2. The highest BCUT2D eigenvalue weighted by atomic mass is 79.9. The Labute approximate surface area is 133 Å². The lowest BCUT2D eigenvalue weighted by atomic mass is 9.98. The molecule has 1 N–H and O–H groups in total. The molecule has 0 aromatic heterocycles. The number of ether oxygens (including phenoxy) is 1. The summed E-state index contributed by atoms with van der Waals surface area (Å²) < 4.78 is 19.5. The van der Waals surface area contributed by atoms with E-state index in [-0.39, 0.29) is 11.9 Å². The van der Waals surface area contributed by atoms with E-state index in [1.165, 1.54) is 6.07 Å². The summed E-state index contributed by atoms with van der Waals surface area (Å²) in [5.41, 5.74) is 2.11. The molecule has 0 saturated heterocycles. The second-order valence-corrected chi connectivity index (χ2v) is 5.52. The second-order valence-electron chi connectivity index (χ2n) is 4.67. The molecule has 0 aliphatic heterocycles. The molecule has 1 unspecified atom stereocenters. The van der Waals surface area contributed by atoms with Crippen molar-refractivity contribution in [3.8, 4) is 5.75 Å². The SMILES string of the molecule is CCNC(c1cccc(OCC)c1)c1ccc(F)c(Br)c1. The molecule has 0 amide bonds. The Morgan fingerprint density at radius 1 is 1.14 bits per heavy atom. The molecule has 112 valence electrons.